The van der Waals surface area contributed by atoms with Gasteiger partial charge in [0, 0.05) is 24.1 Å². The van der Waals surface area contributed by atoms with Crippen LogP contribution in [-0.2, 0) is 0 Å². The third-order valence-electron chi connectivity index (χ3n) is 4.17. The van der Waals surface area contributed by atoms with E-state index >= 15 is 0 Å². The first-order valence-electron chi connectivity index (χ1n) is 10.3. The van der Waals surface area contributed by atoms with E-state index in [1.807, 2.05) is 6.07 Å². The van der Waals surface area contributed by atoms with E-state index < -0.39 is 0 Å². The predicted octanol–water partition coefficient (Wildman–Crippen LogP) is 5.69. The number of benzene rings is 3. The molecule has 0 aliphatic carbocycles. The summed E-state index contributed by atoms with van der Waals surface area (Å²) in [6.45, 7) is 1.66. The third-order valence-corrected chi connectivity index (χ3v) is 4.17. The zero-order chi connectivity index (χ0) is 24.2. The van der Waals surface area contributed by atoms with Crippen LogP contribution in [0.15, 0.2) is 91.0 Å². The number of nitrogens with zero attached hydrogens (tertiary/aromatic N) is 3. The summed E-state index contributed by atoms with van der Waals surface area (Å²) in [5, 5.41) is 0. The lowest BCUT2D eigenvalue weighted by Gasteiger charge is -2.33. The average Bonchev–Trinajstić information content (AvgIpc) is 2.87. The summed E-state index contributed by atoms with van der Waals surface area (Å²) in [7, 11) is 7.28. The summed E-state index contributed by atoms with van der Waals surface area (Å²) in [4.78, 5) is 6.90. The highest BCUT2D eigenvalue weighted by Crippen LogP contribution is 2.25. The van der Waals surface area contributed by atoms with Crippen LogP contribution < -0.4 is 21.3 Å². The number of nitrogens with two attached hydrogens (primary N) is 2. The Morgan fingerprint density at radius 1 is 0.562 bits per heavy atom. The molecule has 0 aliphatic heterocycles. The van der Waals surface area contributed by atoms with E-state index in [0.717, 1.165) is 17.6 Å². The molecule has 32 heavy (non-hydrogen) atoms. The second-order valence-electron chi connectivity index (χ2n) is 6.37. The van der Waals surface area contributed by atoms with Crippen LogP contribution in [0.25, 0.3) is 0 Å². The standard InChI is InChI=1S/C22H25N3.CH2Br2.2CH5N/c1-23(18-24(2)20-12-6-3-7-13-20)19-25(21-14-8-4-9-15-21)22-16-10-5-11-17-22;2-1-3;2*1-2/h3-17H,18-19H2,1-2H3;1H2;2*2H2,1H3. The Morgan fingerprint density at radius 3 is 1.22 bits per heavy atom. The molecule has 0 fully saturated rings. The summed E-state index contributed by atoms with van der Waals surface area (Å²) in [6, 6.07) is 31.5. The number of halogens is 2. The molecule has 0 saturated carbocycles. The van der Waals surface area contributed by atoms with Gasteiger partial charge in [-0.05, 0) is 57.5 Å². The fourth-order valence-corrected chi connectivity index (χ4v) is 2.94. The summed E-state index contributed by atoms with van der Waals surface area (Å²) >= 11 is 6.12. The van der Waals surface area contributed by atoms with Gasteiger partial charge >= 0.3 is 0 Å². The molecule has 0 aliphatic rings. The van der Waals surface area contributed by atoms with Crippen molar-refractivity contribution in [1.82, 2.24) is 4.90 Å². The second kappa shape index (κ2) is 19.8. The Morgan fingerprint density at radius 2 is 0.875 bits per heavy atom. The molecule has 0 spiro atoms. The minimum absolute atomic E-state index is 0.811. The van der Waals surface area contributed by atoms with Gasteiger partial charge in [-0.15, -0.1) is 0 Å². The van der Waals surface area contributed by atoms with E-state index in [4.69, 9.17) is 0 Å². The largest absolute Gasteiger partial charge is 0.362 e. The van der Waals surface area contributed by atoms with E-state index in [-0.39, 0.29) is 0 Å². The molecule has 0 bridgehead atoms. The molecule has 3 rings (SSSR count). The van der Waals surface area contributed by atoms with Crippen molar-refractivity contribution in [3.63, 3.8) is 0 Å². The lowest BCUT2D eigenvalue weighted by atomic mass is 10.2. The van der Waals surface area contributed by atoms with Gasteiger partial charge in [-0.3, -0.25) is 4.90 Å². The third kappa shape index (κ3) is 11.6. The number of alkyl halides is 2. The van der Waals surface area contributed by atoms with Gasteiger partial charge in [-0.1, -0.05) is 86.5 Å². The summed E-state index contributed by atoms with van der Waals surface area (Å²) in [5.41, 5.74) is 12.6. The summed E-state index contributed by atoms with van der Waals surface area (Å²) < 4.78 is 0.875. The maximum absolute atomic E-state index is 4.50. The Bertz CT molecular complexity index is 737. The number of hydrogen-bond acceptors (Lipinski definition) is 5. The molecule has 176 valence electrons. The smallest absolute Gasteiger partial charge is 0.0768 e. The Kier molecular flexibility index (Phi) is 18.6. The normalized spacial score (nSPS) is 9.28. The van der Waals surface area contributed by atoms with Gasteiger partial charge in [0.1, 0.15) is 0 Å². The minimum atomic E-state index is 0.811. The fourth-order valence-electron chi connectivity index (χ4n) is 2.94. The van der Waals surface area contributed by atoms with Gasteiger partial charge < -0.3 is 21.3 Å². The van der Waals surface area contributed by atoms with Gasteiger partial charge in [-0.25, -0.2) is 0 Å². The average molecular weight is 567 g/mol. The van der Waals surface area contributed by atoms with Crippen molar-refractivity contribution in [2.24, 2.45) is 11.5 Å². The molecule has 0 heterocycles. The molecule has 0 unspecified atom stereocenters. The minimum Gasteiger partial charge on any atom is -0.362 e. The van der Waals surface area contributed by atoms with Gasteiger partial charge in [0.05, 0.1) is 17.6 Å². The van der Waals surface area contributed by atoms with Crippen LogP contribution in [0.1, 0.15) is 0 Å². The summed E-state index contributed by atoms with van der Waals surface area (Å²) in [5.74, 6) is 0. The molecule has 4 N–H and O–H groups in total. The number of para-hydroxylation sites is 3. The number of anilines is 3. The van der Waals surface area contributed by atoms with Gasteiger partial charge in [0.2, 0.25) is 0 Å². The fraction of sp³-hybridized carbons (Fsp3) is 0.280. The molecular formula is C25H37Br2N5. The van der Waals surface area contributed by atoms with Crippen LogP contribution >= 0.6 is 31.9 Å². The first kappa shape index (κ1) is 30.1. The molecule has 0 amide bonds. The molecule has 5 nitrogen and oxygen atoms in total. The number of hydrogen-bond donors (Lipinski definition) is 2. The number of rotatable bonds is 7. The van der Waals surface area contributed by atoms with Crippen molar-refractivity contribution in [3.05, 3.63) is 91.0 Å². The van der Waals surface area contributed by atoms with E-state index in [2.05, 4.69) is 157 Å². The highest BCUT2D eigenvalue weighted by atomic mass is 79.9. The SMILES string of the molecule is BrCBr.CN.CN.CN(CN(C)c1ccccc1)CN(c1ccccc1)c1ccccc1. The monoisotopic (exact) mass is 565 g/mol. The lowest BCUT2D eigenvalue weighted by Crippen LogP contribution is -2.39. The molecule has 0 radical (unpaired) electrons. The zero-order valence-electron chi connectivity index (χ0n) is 19.5. The Balaban J connectivity index is 0.00000124. The van der Waals surface area contributed by atoms with Crippen molar-refractivity contribution in [1.29, 1.82) is 0 Å². The second-order valence-corrected chi connectivity index (χ2v) is 9.00. The topological polar surface area (TPSA) is 61.8 Å². The summed E-state index contributed by atoms with van der Waals surface area (Å²) in [6.07, 6.45) is 0. The molecular weight excluding hydrogens is 530 g/mol. The van der Waals surface area contributed by atoms with Crippen LogP contribution in [-0.4, -0.2) is 50.7 Å². The van der Waals surface area contributed by atoms with Crippen LogP contribution in [0.2, 0.25) is 0 Å². The molecule has 0 aromatic heterocycles. The molecule has 3 aromatic carbocycles. The van der Waals surface area contributed by atoms with Gasteiger partial charge in [-0.2, -0.15) is 0 Å². The van der Waals surface area contributed by atoms with Crippen LogP contribution in [0.4, 0.5) is 17.1 Å². The van der Waals surface area contributed by atoms with Crippen molar-refractivity contribution in [3.8, 4) is 0 Å². The predicted molar refractivity (Wildman–Crippen MR) is 150 cm³/mol. The molecule has 0 atom stereocenters. The highest BCUT2D eigenvalue weighted by molar-refractivity contribution is 9.24. The van der Waals surface area contributed by atoms with E-state index in [1.54, 1.807) is 0 Å². The van der Waals surface area contributed by atoms with E-state index in [0.29, 0.717) is 0 Å². The van der Waals surface area contributed by atoms with Crippen molar-refractivity contribution < 1.29 is 0 Å². The van der Waals surface area contributed by atoms with Crippen molar-refractivity contribution in [2.75, 3.05) is 55.6 Å². The van der Waals surface area contributed by atoms with Gasteiger partial charge in [0.15, 0.2) is 0 Å². The Labute approximate surface area is 211 Å². The maximum Gasteiger partial charge on any atom is 0.0768 e. The van der Waals surface area contributed by atoms with Crippen LogP contribution in [0.5, 0.6) is 0 Å². The first-order chi connectivity index (χ1) is 15.7. The molecule has 7 heteroatoms. The van der Waals surface area contributed by atoms with E-state index in [1.165, 1.54) is 31.2 Å². The molecule has 3 aromatic rings. The van der Waals surface area contributed by atoms with Crippen LogP contribution in [0, 0.1) is 0 Å². The van der Waals surface area contributed by atoms with Crippen LogP contribution in [0.3, 0.4) is 0 Å². The van der Waals surface area contributed by atoms with E-state index in [9.17, 15) is 0 Å². The van der Waals surface area contributed by atoms with Crippen molar-refractivity contribution >= 4 is 48.9 Å². The first-order valence-corrected chi connectivity index (χ1v) is 12.5. The highest BCUT2D eigenvalue weighted by Gasteiger charge is 2.12. The van der Waals surface area contributed by atoms with Crippen molar-refractivity contribution in [2.45, 2.75) is 0 Å². The Hall–Kier alpha value is -1.90. The van der Waals surface area contributed by atoms with Gasteiger partial charge in [0.25, 0.3) is 0 Å². The molecule has 0 saturated heterocycles. The quantitative estimate of drug-likeness (QED) is 0.284. The maximum atomic E-state index is 4.50. The zero-order valence-corrected chi connectivity index (χ0v) is 22.7. The lowest BCUT2D eigenvalue weighted by molar-refractivity contribution is 0.346.